The Kier molecular flexibility index (Phi) is 4.98. The van der Waals surface area contributed by atoms with Gasteiger partial charge in [0, 0.05) is 11.1 Å². The highest BCUT2D eigenvalue weighted by atomic mass is 35.5. The van der Waals surface area contributed by atoms with Crippen LogP contribution < -0.4 is 10.2 Å². The van der Waals surface area contributed by atoms with Crippen molar-refractivity contribution in [2.75, 3.05) is 6.61 Å². The number of aliphatic hydroxyl groups excluding tert-OH is 1. The molecule has 2 aromatic rings. The summed E-state index contributed by atoms with van der Waals surface area (Å²) in [5.74, 6) is 0.321. The maximum absolute atomic E-state index is 11.6. The Labute approximate surface area is 120 Å². The second-order valence-electron chi connectivity index (χ2n) is 4.00. The van der Waals surface area contributed by atoms with Crippen molar-refractivity contribution in [2.24, 2.45) is 0 Å². The molecule has 5 heteroatoms. The average molecular weight is 293 g/mol. The van der Waals surface area contributed by atoms with Crippen LogP contribution in [0, 0.1) is 0 Å². The molecule has 1 aromatic heterocycles. The zero-order valence-electron chi connectivity index (χ0n) is 10.6. The van der Waals surface area contributed by atoms with Gasteiger partial charge >= 0.3 is 0 Å². The predicted molar refractivity (Wildman–Crippen MR) is 76.9 cm³/mol. The number of aliphatic hydroxyl groups is 1. The van der Waals surface area contributed by atoms with E-state index in [0.717, 1.165) is 5.56 Å². The van der Waals surface area contributed by atoms with Crippen LogP contribution in [0.4, 0.5) is 0 Å². The third-order valence-corrected chi connectivity index (χ3v) is 2.78. The van der Waals surface area contributed by atoms with E-state index in [1.54, 1.807) is 18.2 Å². The van der Waals surface area contributed by atoms with Crippen molar-refractivity contribution in [2.45, 2.75) is 6.61 Å². The maximum atomic E-state index is 11.6. The minimum absolute atomic E-state index is 0.114. The van der Waals surface area contributed by atoms with Crippen LogP contribution in [0.5, 0.6) is 5.75 Å². The summed E-state index contributed by atoms with van der Waals surface area (Å²) in [7, 11) is 0. The van der Waals surface area contributed by atoms with Gasteiger partial charge in [-0.25, -0.2) is 0 Å². The minimum Gasteiger partial charge on any atom is -0.482 e. The smallest absolute Gasteiger partial charge is 0.227 e. The van der Waals surface area contributed by atoms with Crippen LogP contribution in [0.25, 0.3) is 6.08 Å². The lowest BCUT2D eigenvalue weighted by Crippen LogP contribution is -2.07. The van der Waals surface area contributed by atoms with Crippen molar-refractivity contribution in [3.8, 4) is 5.75 Å². The van der Waals surface area contributed by atoms with Crippen molar-refractivity contribution < 1.29 is 14.3 Å². The van der Waals surface area contributed by atoms with Gasteiger partial charge in [0.2, 0.25) is 11.2 Å². The number of hydrogen-bond donors (Lipinski definition) is 1. The maximum Gasteiger partial charge on any atom is 0.227 e. The van der Waals surface area contributed by atoms with E-state index in [1.807, 2.05) is 18.2 Å². The summed E-state index contributed by atoms with van der Waals surface area (Å²) in [6.07, 6.45) is 4.84. The highest BCUT2D eigenvalue weighted by molar-refractivity contribution is 6.30. The van der Waals surface area contributed by atoms with Crippen LogP contribution in [0.1, 0.15) is 11.3 Å². The zero-order valence-corrected chi connectivity index (χ0v) is 11.3. The van der Waals surface area contributed by atoms with Gasteiger partial charge in [0.05, 0.1) is 0 Å². The molecule has 0 aliphatic heterocycles. The molecule has 0 atom stereocenters. The normalized spacial score (nSPS) is 10.9. The molecule has 0 unspecified atom stereocenters. The summed E-state index contributed by atoms with van der Waals surface area (Å²) in [5.41, 5.74) is 0.667. The summed E-state index contributed by atoms with van der Waals surface area (Å²) in [6, 6.07) is 8.55. The molecular formula is C15H13ClO4. The molecule has 4 nitrogen and oxygen atoms in total. The van der Waals surface area contributed by atoms with Gasteiger partial charge in [-0.05, 0) is 23.8 Å². The summed E-state index contributed by atoms with van der Waals surface area (Å²) >= 11 is 5.78. The van der Waals surface area contributed by atoms with Crippen molar-refractivity contribution >= 4 is 17.7 Å². The number of hydrogen-bond acceptors (Lipinski definition) is 4. The topological polar surface area (TPSA) is 59.7 Å². The molecule has 0 aliphatic carbocycles. The monoisotopic (exact) mass is 292 g/mol. The van der Waals surface area contributed by atoms with Crippen LogP contribution in [0.2, 0.25) is 5.02 Å². The quantitative estimate of drug-likeness (QED) is 0.920. The molecule has 104 valence electrons. The van der Waals surface area contributed by atoms with E-state index in [1.165, 1.54) is 12.3 Å². The number of benzene rings is 1. The standard InChI is InChI=1S/C15H13ClO4/c16-12-5-3-11(4-6-12)2-1-7-19-15-10-20-13(9-17)8-14(15)18/h1-6,8,10,17H,7,9H2. The van der Waals surface area contributed by atoms with Gasteiger partial charge in [-0.15, -0.1) is 0 Å². The van der Waals surface area contributed by atoms with Crippen molar-refractivity contribution in [3.63, 3.8) is 0 Å². The van der Waals surface area contributed by atoms with Crippen molar-refractivity contribution in [1.29, 1.82) is 0 Å². The summed E-state index contributed by atoms with van der Waals surface area (Å²) in [4.78, 5) is 11.6. The van der Waals surface area contributed by atoms with Crippen LogP contribution in [0.3, 0.4) is 0 Å². The Morgan fingerprint density at radius 2 is 2.05 bits per heavy atom. The lowest BCUT2D eigenvalue weighted by molar-refractivity contribution is 0.239. The molecule has 0 bridgehead atoms. The highest BCUT2D eigenvalue weighted by Crippen LogP contribution is 2.11. The second kappa shape index (κ2) is 6.93. The van der Waals surface area contributed by atoms with E-state index >= 15 is 0 Å². The molecule has 1 heterocycles. The molecule has 1 aromatic carbocycles. The largest absolute Gasteiger partial charge is 0.482 e. The first-order valence-corrected chi connectivity index (χ1v) is 6.34. The Hall–Kier alpha value is -2.04. The Morgan fingerprint density at radius 3 is 2.70 bits per heavy atom. The second-order valence-corrected chi connectivity index (χ2v) is 4.43. The number of rotatable bonds is 5. The van der Waals surface area contributed by atoms with Crippen LogP contribution in [0.15, 0.2) is 51.9 Å². The third-order valence-electron chi connectivity index (χ3n) is 2.52. The van der Waals surface area contributed by atoms with E-state index in [9.17, 15) is 4.79 Å². The van der Waals surface area contributed by atoms with E-state index in [-0.39, 0.29) is 30.2 Å². The van der Waals surface area contributed by atoms with Gasteiger partial charge < -0.3 is 14.3 Å². The van der Waals surface area contributed by atoms with Gasteiger partial charge in [0.1, 0.15) is 25.2 Å². The molecule has 0 fully saturated rings. The van der Waals surface area contributed by atoms with E-state index in [2.05, 4.69) is 0 Å². The van der Waals surface area contributed by atoms with Gasteiger partial charge in [-0.3, -0.25) is 4.79 Å². The molecule has 0 saturated heterocycles. The molecule has 0 spiro atoms. The van der Waals surface area contributed by atoms with E-state index < -0.39 is 0 Å². The Bertz CT molecular complexity index is 644. The third kappa shape index (κ3) is 3.98. The molecule has 20 heavy (non-hydrogen) atoms. The SMILES string of the molecule is O=c1cc(CO)occ1OCC=Cc1ccc(Cl)cc1. The van der Waals surface area contributed by atoms with Crippen molar-refractivity contribution in [3.05, 3.63) is 69.2 Å². The number of ether oxygens (including phenoxy) is 1. The molecule has 0 aliphatic rings. The lowest BCUT2D eigenvalue weighted by Gasteiger charge is -2.02. The van der Waals surface area contributed by atoms with Gasteiger partial charge in [-0.2, -0.15) is 0 Å². The predicted octanol–water partition coefficient (Wildman–Crippen LogP) is 2.88. The highest BCUT2D eigenvalue weighted by Gasteiger charge is 2.02. The fourth-order valence-electron chi connectivity index (χ4n) is 1.52. The lowest BCUT2D eigenvalue weighted by atomic mass is 10.2. The average Bonchev–Trinajstić information content (AvgIpc) is 2.46. The van der Waals surface area contributed by atoms with Crippen LogP contribution >= 0.6 is 11.6 Å². The van der Waals surface area contributed by atoms with E-state index in [0.29, 0.717) is 5.02 Å². The van der Waals surface area contributed by atoms with Gasteiger partial charge in [0.15, 0.2) is 0 Å². The first kappa shape index (κ1) is 14.4. The molecule has 0 radical (unpaired) electrons. The van der Waals surface area contributed by atoms with Crippen LogP contribution in [-0.2, 0) is 6.61 Å². The van der Waals surface area contributed by atoms with Gasteiger partial charge in [0.25, 0.3) is 0 Å². The molecule has 0 amide bonds. The molecule has 2 rings (SSSR count). The Balaban J connectivity index is 1.92. The molecular weight excluding hydrogens is 280 g/mol. The molecule has 1 N–H and O–H groups in total. The minimum atomic E-state index is -0.319. The summed E-state index contributed by atoms with van der Waals surface area (Å²) < 4.78 is 10.3. The first-order valence-electron chi connectivity index (χ1n) is 5.96. The van der Waals surface area contributed by atoms with Gasteiger partial charge in [-0.1, -0.05) is 29.8 Å². The Morgan fingerprint density at radius 1 is 1.30 bits per heavy atom. The summed E-state index contributed by atoms with van der Waals surface area (Å²) in [5, 5.41) is 9.50. The van der Waals surface area contributed by atoms with Crippen LogP contribution in [-0.4, -0.2) is 11.7 Å². The number of halogens is 1. The zero-order chi connectivity index (χ0) is 14.4. The fraction of sp³-hybridized carbons (Fsp3) is 0.133. The summed E-state index contributed by atoms with van der Waals surface area (Å²) in [6.45, 7) is -0.0716. The fourth-order valence-corrected chi connectivity index (χ4v) is 1.65. The molecule has 0 saturated carbocycles. The van der Waals surface area contributed by atoms with E-state index in [4.69, 9.17) is 25.9 Å². The van der Waals surface area contributed by atoms with Crippen molar-refractivity contribution in [1.82, 2.24) is 0 Å². The first-order chi connectivity index (χ1) is 9.69.